The predicted octanol–water partition coefficient (Wildman–Crippen LogP) is 1.69. The minimum absolute atomic E-state index is 0.147. The standard InChI is InChI=1S/C12H19BrN2O3S/c1-15(2)8-4-7-14-19(16,17)12-9-10(13)5-6-11(12)18-3/h5-6,9,14H,4,7-8H2,1-3H3. The third-order valence-electron chi connectivity index (χ3n) is 2.49. The van der Waals surface area contributed by atoms with Crippen LogP contribution < -0.4 is 9.46 Å². The zero-order valence-electron chi connectivity index (χ0n) is 11.3. The highest BCUT2D eigenvalue weighted by molar-refractivity contribution is 9.10. The van der Waals surface area contributed by atoms with E-state index in [-0.39, 0.29) is 4.90 Å². The quantitative estimate of drug-likeness (QED) is 0.760. The summed E-state index contributed by atoms with van der Waals surface area (Å²) < 4.78 is 32.7. The van der Waals surface area contributed by atoms with Gasteiger partial charge in [0.25, 0.3) is 0 Å². The van der Waals surface area contributed by atoms with Crippen LogP contribution in [0.5, 0.6) is 5.75 Å². The molecule has 0 aliphatic carbocycles. The van der Waals surface area contributed by atoms with E-state index < -0.39 is 10.0 Å². The van der Waals surface area contributed by atoms with Crippen LogP contribution in [0.2, 0.25) is 0 Å². The third kappa shape index (κ3) is 5.10. The summed E-state index contributed by atoms with van der Waals surface area (Å²) in [6, 6.07) is 4.90. The molecule has 0 fully saturated rings. The van der Waals surface area contributed by atoms with Crippen LogP contribution in [-0.4, -0.2) is 47.6 Å². The summed E-state index contributed by atoms with van der Waals surface area (Å²) >= 11 is 3.26. The Morgan fingerprint density at radius 1 is 1.37 bits per heavy atom. The predicted molar refractivity (Wildman–Crippen MR) is 79.1 cm³/mol. The van der Waals surface area contributed by atoms with E-state index >= 15 is 0 Å². The molecule has 1 N–H and O–H groups in total. The highest BCUT2D eigenvalue weighted by Gasteiger charge is 2.19. The molecule has 0 amide bonds. The molecule has 0 atom stereocenters. The minimum Gasteiger partial charge on any atom is -0.495 e. The SMILES string of the molecule is COc1ccc(Br)cc1S(=O)(=O)NCCCN(C)C. The van der Waals surface area contributed by atoms with E-state index in [1.807, 2.05) is 19.0 Å². The van der Waals surface area contributed by atoms with Crippen LogP contribution in [0.25, 0.3) is 0 Å². The van der Waals surface area contributed by atoms with Crippen LogP contribution in [0.4, 0.5) is 0 Å². The van der Waals surface area contributed by atoms with Gasteiger partial charge in [0.15, 0.2) is 0 Å². The summed E-state index contributed by atoms with van der Waals surface area (Å²) in [7, 11) is 1.81. The maximum atomic E-state index is 12.2. The molecule has 0 spiro atoms. The average Bonchev–Trinajstić information content (AvgIpc) is 2.34. The van der Waals surface area contributed by atoms with Crippen LogP contribution in [0, 0.1) is 0 Å². The van der Waals surface area contributed by atoms with Gasteiger partial charge in [0.2, 0.25) is 10.0 Å². The van der Waals surface area contributed by atoms with Gasteiger partial charge in [0, 0.05) is 11.0 Å². The number of halogens is 1. The number of rotatable bonds is 7. The average molecular weight is 351 g/mol. The van der Waals surface area contributed by atoms with Gasteiger partial charge in [-0.1, -0.05) is 15.9 Å². The highest BCUT2D eigenvalue weighted by Crippen LogP contribution is 2.26. The van der Waals surface area contributed by atoms with Crippen molar-refractivity contribution in [3.8, 4) is 5.75 Å². The van der Waals surface area contributed by atoms with Crippen molar-refractivity contribution in [2.45, 2.75) is 11.3 Å². The number of benzene rings is 1. The van der Waals surface area contributed by atoms with E-state index in [1.54, 1.807) is 12.1 Å². The summed E-state index contributed by atoms with van der Waals surface area (Å²) in [5, 5.41) is 0. The van der Waals surface area contributed by atoms with Gasteiger partial charge in [-0.2, -0.15) is 0 Å². The van der Waals surface area contributed by atoms with E-state index in [2.05, 4.69) is 20.7 Å². The number of nitrogens with one attached hydrogen (secondary N) is 1. The first-order chi connectivity index (χ1) is 8.86. The first-order valence-corrected chi connectivity index (χ1v) is 8.12. The number of hydrogen-bond acceptors (Lipinski definition) is 4. The monoisotopic (exact) mass is 350 g/mol. The van der Waals surface area contributed by atoms with E-state index in [0.717, 1.165) is 13.0 Å². The lowest BCUT2D eigenvalue weighted by atomic mass is 10.3. The number of sulfonamides is 1. The van der Waals surface area contributed by atoms with Crippen LogP contribution >= 0.6 is 15.9 Å². The molecule has 7 heteroatoms. The first-order valence-electron chi connectivity index (χ1n) is 5.85. The molecule has 1 aromatic rings. The number of ether oxygens (including phenoxy) is 1. The molecule has 5 nitrogen and oxygen atoms in total. The molecule has 0 saturated carbocycles. The van der Waals surface area contributed by atoms with E-state index in [9.17, 15) is 8.42 Å². The molecule has 0 aliphatic rings. The van der Waals surface area contributed by atoms with Crippen LogP contribution in [0.1, 0.15) is 6.42 Å². The van der Waals surface area contributed by atoms with Crippen molar-refractivity contribution in [1.29, 1.82) is 0 Å². The second-order valence-corrected chi connectivity index (χ2v) is 7.00. The molecule has 0 heterocycles. The van der Waals surface area contributed by atoms with E-state index in [1.165, 1.54) is 13.2 Å². The van der Waals surface area contributed by atoms with Gasteiger partial charge in [0.1, 0.15) is 10.6 Å². The van der Waals surface area contributed by atoms with Crippen LogP contribution in [0.15, 0.2) is 27.6 Å². The highest BCUT2D eigenvalue weighted by atomic mass is 79.9. The Bertz CT molecular complexity index is 518. The lowest BCUT2D eigenvalue weighted by molar-refractivity contribution is 0.397. The number of methoxy groups -OCH3 is 1. The van der Waals surface area contributed by atoms with Gasteiger partial charge < -0.3 is 9.64 Å². The Balaban J connectivity index is 2.79. The fourth-order valence-electron chi connectivity index (χ4n) is 1.54. The Kier molecular flexibility index (Phi) is 6.25. The molecule has 0 radical (unpaired) electrons. The van der Waals surface area contributed by atoms with Crippen molar-refractivity contribution < 1.29 is 13.2 Å². The minimum atomic E-state index is -3.55. The van der Waals surface area contributed by atoms with Crippen molar-refractivity contribution in [3.63, 3.8) is 0 Å². The molecule has 0 saturated heterocycles. The molecule has 108 valence electrons. The number of hydrogen-bond donors (Lipinski definition) is 1. The molecule has 1 aromatic carbocycles. The van der Waals surface area contributed by atoms with Crippen molar-refractivity contribution in [3.05, 3.63) is 22.7 Å². The Morgan fingerprint density at radius 2 is 2.05 bits per heavy atom. The summed E-state index contributed by atoms with van der Waals surface area (Å²) in [5.74, 6) is 0.336. The first kappa shape index (κ1) is 16.4. The zero-order chi connectivity index (χ0) is 14.5. The molecular formula is C12H19BrN2O3S. The fraction of sp³-hybridized carbons (Fsp3) is 0.500. The summed E-state index contributed by atoms with van der Waals surface area (Å²) in [4.78, 5) is 2.16. The Morgan fingerprint density at radius 3 is 2.63 bits per heavy atom. The number of nitrogens with zero attached hydrogens (tertiary/aromatic N) is 1. The van der Waals surface area contributed by atoms with Gasteiger partial charge in [0.05, 0.1) is 7.11 Å². The van der Waals surface area contributed by atoms with Crippen LogP contribution in [0.3, 0.4) is 0 Å². The normalized spacial score (nSPS) is 11.8. The van der Waals surface area contributed by atoms with Gasteiger partial charge in [-0.15, -0.1) is 0 Å². The molecule has 1 rings (SSSR count). The van der Waals surface area contributed by atoms with Crippen molar-refractivity contribution in [1.82, 2.24) is 9.62 Å². The smallest absolute Gasteiger partial charge is 0.244 e. The molecule has 0 unspecified atom stereocenters. The van der Waals surface area contributed by atoms with Crippen molar-refractivity contribution >= 4 is 26.0 Å². The lowest BCUT2D eigenvalue weighted by Crippen LogP contribution is -2.27. The summed E-state index contributed by atoms with van der Waals surface area (Å²) in [6.07, 6.45) is 0.753. The molecule has 0 aromatic heterocycles. The van der Waals surface area contributed by atoms with Gasteiger partial charge >= 0.3 is 0 Å². The lowest BCUT2D eigenvalue weighted by Gasteiger charge is -2.12. The van der Waals surface area contributed by atoms with E-state index in [0.29, 0.717) is 16.8 Å². The molecule has 0 bridgehead atoms. The Labute approximate surface area is 123 Å². The van der Waals surface area contributed by atoms with Gasteiger partial charge in [-0.25, -0.2) is 13.1 Å². The van der Waals surface area contributed by atoms with E-state index in [4.69, 9.17) is 4.74 Å². The topological polar surface area (TPSA) is 58.6 Å². The summed E-state index contributed by atoms with van der Waals surface area (Å²) in [6.45, 7) is 1.23. The maximum absolute atomic E-state index is 12.2. The second-order valence-electron chi connectivity index (χ2n) is 4.35. The van der Waals surface area contributed by atoms with Crippen LogP contribution in [-0.2, 0) is 10.0 Å². The second kappa shape index (κ2) is 7.23. The van der Waals surface area contributed by atoms with Crippen molar-refractivity contribution in [2.24, 2.45) is 0 Å². The fourth-order valence-corrected chi connectivity index (χ4v) is 3.32. The molecule has 19 heavy (non-hydrogen) atoms. The van der Waals surface area contributed by atoms with Gasteiger partial charge in [-0.05, 0) is 45.3 Å². The largest absolute Gasteiger partial charge is 0.495 e. The third-order valence-corrected chi connectivity index (χ3v) is 4.46. The molecular weight excluding hydrogens is 332 g/mol. The summed E-state index contributed by atoms with van der Waals surface area (Å²) in [5.41, 5.74) is 0. The molecule has 0 aliphatic heterocycles. The maximum Gasteiger partial charge on any atom is 0.244 e. The van der Waals surface area contributed by atoms with Crippen molar-refractivity contribution in [2.75, 3.05) is 34.3 Å². The zero-order valence-corrected chi connectivity index (χ0v) is 13.7. The Hall–Kier alpha value is -0.630. The van der Waals surface area contributed by atoms with Gasteiger partial charge in [-0.3, -0.25) is 0 Å².